The summed E-state index contributed by atoms with van der Waals surface area (Å²) in [7, 11) is 0. The van der Waals surface area contributed by atoms with E-state index in [9.17, 15) is 4.39 Å². The van der Waals surface area contributed by atoms with Gasteiger partial charge in [0.1, 0.15) is 5.82 Å². The molecule has 1 N–H and O–H groups in total. The third-order valence-corrected chi connectivity index (χ3v) is 2.70. The molecular weight excluding hydrogens is 260 g/mol. The molecule has 17 heavy (non-hydrogen) atoms. The zero-order chi connectivity index (χ0) is 12.3. The van der Waals surface area contributed by atoms with Crippen LogP contribution in [0.2, 0.25) is 10.0 Å². The molecule has 2 aromatic carbocycles. The zero-order valence-electron chi connectivity index (χ0n) is 8.88. The van der Waals surface area contributed by atoms with Crippen molar-refractivity contribution in [1.29, 1.82) is 0 Å². The quantitative estimate of drug-likeness (QED) is 0.849. The minimum absolute atomic E-state index is 0.333. The molecule has 0 bridgehead atoms. The molecule has 88 valence electrons. The van der Waals surface area contributed by atoms with Crippen molar-refractivity contribution >= 4 is 28.9 Å². The van der Waals surface area contributed by atoms with E-state index in [2.05, 4.69) is 5.32 Å². The maximum absolute atomic E-state index is 13.1. The van der Waals surface area contributed by atoms with Crippen molar-refractivity contribution in [1.82, 2.24) is 0 Å². The highest BCUT2D eigenvalue weighted by Crippen LogP contribution is 2.18. The third-order valence-electron chi connectivity index (χ3n) is 2.24. The molecule has 0 amide bonds. The summed E-state index contributed by atoms with van der Waals surface area (Å²) in [5.74, 6) is -0.333. The lowest BCUT2D eigenvalue weighted by Gasteiger charge is -2.07. The SMILES string of the molecule is Fc1cc(Cl)cc(CNc2cccc(Cl)c2)c1. The van der Waals surface area contributed by atoms with Gasteiger partial charge in [0.05, 0.1) is 0 Å². The maximum Gasteiger partial charge on any atom is 0.125 e. The van der Waals surface area contributed by atoms with Crippen molar-refractivity contribution < 1.29 is 4.39 Å². The van der Waals surface area contributed by atoms with Gasteiger partial charge in [-0.3, -0.25) is 0 Å². The fourth-order valence-corrected chi connectivity index (χ4v) is 1.95. The highest BCUT2D eigenvalue weighted by atomic mass is 35.5. The van der Waals surface area contributed by atoms with Crippen LogP contribution < -0.4 is 5.32 Å². The van der Waals surface area contributed by atoms with Crippen molar-refractivity contribution in [2.24, 2.45) is 0 Å². The molecule has 2 rings (SSSR count). The number of halogens is 3. The highest BCUT2D eigenvalue weighted by Gasteiger charge is 2.00. The first-order chi connectivity index (χ1) is 8.13. The number of anilines is 1. The van der Waals surface area contributed by atoms with Crippen LogP contribution in [0.25, 0.3) is 0 Å². The van der Waals surface area contributed by atoms with Crippen molar-refractivity contribution in [3.8, 4) is 0 Å². The van der Waals surface area contributed by atoms with Crippen LogP contribution >= 0.6 is 23.2 Å². The summed E-state index contributed by atoms with van der Waals surface area (Å²) < 4.78 is 13.1. The van der Waals surface area contributed by atoms with Crippen LogP contribution in [0, 0.1) is 5.82 Å². The Labute approximate surface area is 109 Å². The zero-order valence-corrected chi connectivity index (χ0v) is 10.4. The number of benzene rings is 2. The monoisotopic (exact) mass is 269 g/mol. The van der Waals surface area contributed by atoms with Gasteiger partial charge in [0.2, 0.25) is 0 Å². The summed E-state index contributed by atoms with van der Waals surface area (Å²) >= 11 is 11.6. The van der Waals surface area contributed by atoms with Crippen LogP contribution in [-0.2, 0) is 6.54 Å². The summed E-state index contributed by atoms with van der Waals surface area (Å²) in [6, 6.07) is 11.8. The van der Waals surface area contributed by atoms with E-state index in [4.69, 9.17) is 23.2 Å². The molecule has 0 aromatic heterocycles. The molecule has 1 nitrogen and oxygen atoms in total. The standard InChI is InChI=1S/C13H10Cl2FN/c14-10-2-1-3-13(7-10)17-8-9-4-11(15)6-12(16)5-9/h1-7,17H,8H2. The molecule has 0 heterocycles. The molecular formula is C13H10Cl2FN. The predicted octanol–water partition coefficient (Wildman–Crippen LogP) is 4.74. The fourth-order valence-electron chi connectivity index (χ4n) is 1.52. The Kier molecular flexibility index (Phi) is 3.87. The van der Waals surface area contributed by atoms with E-state index >= 15 is 0 Å². The van der Waals surface area contributed by atoms with Crippen LogP contribution in [0.1, 0.15) is 5.56 Å². The molecule has 0 spiro atoms. The van der Waals surface area contributed by atoms with Gasteiger partial charge in [0, 0.05) is 22.3 Å². The number of hydrogen-bond donors (Lipinski definition) is 1. The van der Waals surface area contributed by atoms with Crippen molar-refractivity contribution in [2.75, 3.05) is 5.32 Å². The van der Waals surface area contributed by atoms with Gasteiger partial charge in [-0.15, -0.1) is 0 Å². The summed E-state index contributed by atoms with van der Waals surface area (Å²) in [6.07, 6.45) is 0. The molecule has 4 heteroatoms. The summed E-state index contributed by atoms with van der Waals surface area (Å²) in [5, 5.41) is 4.20. The lowest BCUT2D eigenvalue weighted by atomic mass is 10.2. The lowest BCUT2D eigenvalue weighted by Crippen LogP contribution is -1.99. The van der Waals surface area contributed by atoms with E-state index in [1.54, 1.807) is 12.1 Å². The van der Waals surface area contributed by atoms with Gasteiger partial charge in [-0.2, -0.15) is 0 Å². The lowest BCUT2D eigenvalue weighted by molar-refractivity contribution is 0.626. The van der Waals surface area contributed by atoms with Gasteiger partial charge in [-0.1, -0.05) is 29.3 Å². The molecule has 0 fully saturated rings. The van der Waals surface area contributed by atoms with Crippen LogP contribution in [0.4, 0.5) is 10.1 Å². The second-order valence-corrected chi connectivity index (χ2v) is 4.51. The van der Waals surface area contributed by atoms with Gasteiger partial charge in [-0.05, 0) is 42.0 Å². The van der Waals surface area contributed by atoms with Crippen LogP contribution in [0.5, 0.6) is 0 Å². The smallest absolute Gasteiger partial charge is 0.125 e. The summed E-state index contributed by atoms with van der Waals surface area (Å²) in [5.41, 5.74) is 1.67. The number of rotatable bonds is 3. The van der Waals surface area contributed by atoms with Gasteiger partial charge < -0.3 is 5.32 Å². The fraction of sp³-hybridized carbons (Fsp3) is 0.0769. The van der Waals surface area contributed by atoms with Crippen molar-refractivity contribution in [3.63, 3.8) is 0 Å². The molecule has 0 saturated heterocycles. The third kappa shape index (κ3) is 3.62. The molecule has 0 aliphatic rings. The predicted molar refractivity (Wildman–Crippen MR) is 70.2 cm³/mol. The number of hydrogen-bond acceptors (Lipinski definition) is 1. The summed E-state index contributed by atoms with van der Waals surface area (Å²) in [4.78, 5) is 0. The van der Waals surface area contributed by atoms with Crippen LogP contribution in [-0.4, -0.2) is 0 Å². The first kappa shape index (κ1) is 12.2. The van der Waals surface area contributed by atoms with E-state index in [1.807, 2.05) is 18.2 Å². The average Bonchev–Trinajstić information content (AvgIpc) is 2.25. The second-order valence-electron chi connectivity index (χ2n) is 3.64. The Morgan fingerprint density at radius 3 is 2.53 bits per heavy atom. The Morgan fingerprint density at radius 2 is 1.82 bits per heavy atom. The first-order valence-corrected chi connectivity index (χ1v) is 5.83. The van der Waals surface area contributed by atoms with Crippen molar-refractivity contribution in [2.45, 2.75) is 6.54 Å². The first-order valence-electron chi connectivity index (χ1n) is 5.08. The van der Waals surface area contributed by atoms with Gasteiger partial charge in [0.25, 0.3) is 0 Å². The van der Waals surface area contributed by atoms with Crippen LogP contribution in [0.15, 0.2) is 42.5 Å². The van der Waals surface area contributed by atoms with Gasteiger partial charge in [0.15, 0.2) is 0 Å². The Hall–Kier alpha value is -1.25. The van der Waals surface area contributed by atoms with Crippen molar-refractivity contribution in [3.05, 3.63) is 63.9 Å². The minimum Gasteiger partial charge on any atom is -0.381 e. The largest absolute Gasteiger partial charge is 0.381 e. The minimum atomic E-state index is -0.333. The number of nitrogens with one attached hydrogen (secondary N) is 1. The topological polar surface area (TPSA) is 12.0 Å². The van der Waals surface area contributed by atoms with E-state index in [-0.39, 0.29) is 5.82 Å². The second kappa shape index (κ2) is 5.39. The van der Waals surface area contributed by atoms with Gasteiger partial charge in [-0.25, -0.2) is 4.39 Å². The molecule has 0 aliphatic heterocycles. The molecule has 0 atom stereocenters. The van der Waals surface area contributed by atoms with Crippen LogP contribution in [0.3, 0.4) is 0 Å². The Bertz CT molecular complexity index is 508. The molecule has 2 aromatic rings. The Balaban J connectivity index is 2.07. The van der Waals surface area contributed by atoms with E-state index < -0.39 is 0 Å². The highest BCUT2D eigenvalue weighted by molar-refractivity contribution is 6.31. The normalized spacial score (nSPS) is 10.3. The van der Waals surface area contributed by atoms with E-state index in [1.165, 1.54) is 12.1 Å². The maximum atomic E-state index is 13.1. The molecule has 0 unspecified atom stereocenters. The van der Waals surface area contributed by atoms with E-state index in [0.717, 1.165) is 11.3 Å². The van der Waals surface area contributed by atoms with E-state index in [0.29, 0.717) is 16.6 Å². The molecule has 0 saturated carbocycles. The van der Waals surface area contributed by atoms with Gasteiger partial charge >= 0.3 is 0 Å². The summed E-state index contributed by atoms with van der Waals surface area (Å²) in [6.45, 7) is 0.498. The Morgan fingerprint density at radius 1 is 1.00 bits per heavy atom. The average molecular weight is 270 g/mol. The molecule has 0 radical (unpaired) electrons. The molecule has 0 aliphatic carbocycles.